The Hall–Kier alpha value is -0.870. The Morgan fingerprint density at radius 3 is 2.33 bits per heavy atom. The van der Waals surface area contributed by atoms with Crippen LogP contribution in [0.25, 0.3) is 0 Å². The van der Waals surface area contributed by atoms with Gasteiger partial charge in [0.25, 0.3) is 0 Å². The second-order valence-electron chi connectivity index (χ2n) is 4.99. The first-order valence-electron chi connectivity index (χ1n) is 6.38. The SMILES string of the molecule is CN(C)C1CCC(=NNc2ccc(Br)cc2)CC1. The van der Waals surface area contributed by atoms with Gasteiger partial charge in [-0.25, -0.2) is 0 Å². The Bertz CT molecular complexity index is 402. The van der Waals surface area contributed by atoms with Crippen molar-refractivity contribution < 1.29 is 0 Å². The van der Waals surface area contributed by atoms with Gasteiger partial charge in [-0.3, -0.25) is 5.43 Å². The van der Waals surface area contributed by atoms with E-state index in [-0.39, 0.29) is 0 Å². The van der Waals surface area contributed by atoms with E-state index < -0.39 is 0 Å². The van der Waals surface area contributed by atoms with E-state index in [0.717, 1.165) is 29.0 Å². The van der Waals surface area contributed by atoms with Crippen LogP contribution < -0.4 is 5.43 Å². The van der Waals surface area contributed by atoms with Gasteiger partial charge >= 0.3 is 0 Å². The molecule has 98 valence electrons. The average molecular weight is 310 g/mol. The lowest BCUT2D eigenvalue weighted by Gasteiger charge is -2.28. The quantitative estimate of drug-likeness (QED) is 0.862. The van der Waals surface area contributed by atoms with Gasteiger partial charge in [0.2, 0.25) is 0 Å². The Kier molecular flexibility index (Phi) is 4.78. The molecule has 0 atom stereocenters. The minimum Gasteiger partial charge on any atom is -0.306 e. The molecule has 1 fully saturated rings. The van der Waals surface area contributed by atoms with E-state index in [1.165, 1.54) is 18.6 Å². The monoisotopic (exact) mass is 309 g/mol. The lowest BCUT2D eigenvalue weighted by atomic mass is 9.93. The summed E-state index contributed by atoms with van der Waals surface area (Å²) in [6.45, 7) is 0. The Labute approximate surface area is 117 Å². The molecule has 0 spiro atoms. The summed E-state index contributed by atoms with van der Waals surface area (Å²) in [6.07, 6.45) is 4.64. The summed E-state index contributed by atoms with van der Waals surface area (Å²) in [4.78, 5) is 2.32. The fourth-order valence-electron chi connectivity index (χ4n) is 2.23. The van der Waals surface area contributed by atoms with Crippen molar-refractivity contribution in [1.82, 2.24) is 4.90 Å². The Balaban J connectivity index is 1.86. The molecule has 0 heterocycles. The maximum atomic E-state index is 4.51. The van der Waals surface area contributed by atoms with Crippen LogP contribution in [0.5, 0.6) is 0 Å². The predicted octanol–water partition coefficient (Wildman–Crippen LogP) is 3.72. The number of benzene rings is 1. The second kappa shape index (κ2) is 6.34. The molecule has 0 unspecified atom stereocenters. The molecular weight excluding hydrogens is 290 g/mol. The topological polar surface area (TPSA) is 27.6 Å². The average Bonchev–Trinajstić information content (AvgIpc) is 2.38. The largest absolute Gasteiger partial charge is 0.306 e. The fourth-order valence-corrected chi connectivity index (χ4v) is 2.50. The van der Waals surface area contributed by atoms with E-state index in [4.69, 9.17) is 0 Å². The molecule has 1 aliphatic rings. The summed E-state index contributed by atoms with van der Waals surface area (Å²) in [5.74, 6) is 0. The third-order valence-electron chi connectivity index (χ3n) is 3.45. The number of anilines is 1. The van der Waals surface area contributed by atoms with Gasteiger partial charge < -0.3 is 4.90 Å². The van der Waals surface area contributed by atoms with Gasteiger partial charge in [0.15, 0.2) is 0 Å². The summed E-state index contributed by atoms with van der Waals surface area (Å²) in [6, 6.07) is 8.81. The van der Waals surface area contributed by atoms with Crippen LogP contribution in [0.4, 0.5) is 5.69 Å². The van der Waals surface area contributed by atoms with E-state index >= 15 is 0 Å². The smallest absolute Gasteiger partial charge is 0.0562 e. The fraction of sp³-hybridized carbons (Fsp3) is 0.500. The van der Waals surface area contributed by atoms with Crippen molar-refractivity contribution in [3.63, 3.8) is 0 Å². The zero-order valence-corrected chi connectivity index (χ0v) is 12.6. The molecule has 1 saturated carbocycles. The number of hydrazone groups is 1. The number of hydrogen-bond acceptors (Lipinski definition) is 3. The summed E-state index contributed by atoms with van der Waals surface area (Å²) >= 11 is 3.43. The van der Waals surface area contributed by atoms with Crippen molar-refractivity contribution in [1.29, 1.82) is 0 Å². The molecule has 1 aromatic rings. The van der Waals surface area contributed by atoms with E-state index in [1.807, 2.05) is 24.3 Å². The lowest BCUT2D eigenvalue weighted by molar-refractivity contribution is 0.260. The first kappa shape index (κ1) is 13.6. The highest BCUT2D eigenvalue weighted by Gasteiger charge is 2.18. The number of nitrogens with one attached hydrogen (secondary N) is 1. The Morgan fingerprint density at radius 1 is 1.17 bits per heavy atom. The van der Waals surface area contributed by atoms with Crippen LogP contribution in [0.2, 0.25) is 0 Å². The zero-order chi connectivity index (χ0) is 13.0. The molecule has 0 amide bonds. The molecule has 0 radical (unpaired) electrons. The van der Waals surface area contributed by atoms with E-state index in [9.17, 15) is 0 Å². The van der Waals surface area contributed by atoms with E-state index in [0.29, 0.717) is 0 Å². The molecule has 3 nitrogen and oxygen atoms in total. The van der Waals surface area contributed by atoms with Crippen molar-refractivity contribution in [2.24, 2.45) is 5.10 Å². The molecule has 0 saturated heterocycles. The van der Waals surface area contributed by atoms with Gasteiger partial charge in [0.1, 0.15) is 0 Å². The van der Waals surface area contributed by atoms with Crippen LogP contribution in [-0.4, -0.2) is 30.7 Å². The molecule has 0 aromatic heterocycles. The number of halogens is 1. The number of nitrogens with zero attached hydrogens (tertiary/aromatic N) is 2. The van der Waals surface area contributed by atoms with Crippen molar-refractivity contribution >= 4 is 27.3 Å². The molecule has 18 heavy (non-hydrogen) atoms. The predicted molar refractivity (Wildman–Crippen MR) is 81.1 cm³/mol. The third kappa shape index (κ3) is 3.82. The maximum Gasteiger partial charge on any atom is 0.0562 e. The molecule has 1 aliphatic carbocycles. The zero-order valence-electron chi connectivity index (χ0n) is 11.0. The van der Waals surface area contributed by atoms with Crippen LogP contribution >= 0.6 is 15.9 Å². The molecule has 0 aliphatic heterocycles. The number of rotatable bonds is 3. The summed E-state index contributed by atoms with van der Waals surface area (Å²) < 4.78 is 1.09. The van der Waals surface area contributed by atoms with Crippen molar-refractivity contribution in [2.75, 3.05) is 19.5 Å². The molecule has 4 heteroatoms. The maximum absolute atomic E-state index is 4.51. The highest BCUT2D eigenvalue weighted by molar-refractivity contribution is 9.10. The van der Waals surface area contributed by atoms with Gasteiger partial charge in [0, 0.05) is 16.2 Å². The van der Waals surface area contributed by atoms with Gasteiger partial charge in [-0.1, -0.05) is 15.9 Å². The molecular formula is C14H20BrN3. The molecule has 2 rings (SSSR count). The lowest BCUT2D eigenvalue weighted by Crippen LogP contribution is -2.32. The molecule has 1 N–H and O–H groups in total. The second-order valence-corrected chi connectivity index (χ2v) is 5.91. The van der Waals surface area contributed by atoms with Gasteiger partial charge in [-0.15, -0.1) is 0 Å². The van der Waals surface area contributed by atoms with Crippen LogP contribution in [-0.2, 0) is 0 Å². The van der Waals surface area contributed by atoms with Crippen LogP contribution in [0, 0.1) is 0 Å². The van der Waals surface area contributed by atoms with Crippen LogP contribution in [0.1, 0.15) is 25.7 Å². The van der Waals surface area contributed by atoms with Crippen molar-refractivity contribution in [2.45, 2.75) is 31.7 Å². The van der Waals surface area contributed by atoms with Crippen molar-refractivity contribution in [3.05, 3.63) is 28.7 Å². The van der Waals surface area contributed by atoms with Gasteiger partial charge in [-0.05, 0) is 64.0 Å². The minimum atomic E-state index is 0.719. The van der Waals surface area contributed by atoms with Crippen molar-refractivity contribution in [3.8, 4) is 0 Å². The normalized spacial score (nSPS) is 20.0. The highest BCUT2D eigenvalue weighted by atomic mass is 79.9. The summed E-state index contributed by atoms with van der Waals surface area (Å²) in [5, 5.41) is 4.51. The first-order valence-corrected chi connectivity index (χ1v) is 7.18. The van der Waals surface area contributed by atoms with Gasteiger partial charge in [0.05, 0.1) is 5.69 Å². The summed E-state index contributed by atoms with van der Waals surface area (Å²) in [7, 11) is 4.32. The Morgan fingerprint density at radius 2 is 1.78 bits per heavy atom. The van der Waals surface area contributed by atoms with Crippen LogP contribution in [0.3, 0.4) is 0 Å². The number of hydrogen-bond donors (Lipinski definition) is 1. The van der Waals surface area contributed by atoms with E-state index in [1.54, 1.807) is 0 Å². The summed E-state index contributed by atoms with van der Waals surface area (Å²) in [5.41, 5.74) is 5.47. The minimum absolute atomic E-state index is 0.719. The van der Waals surface area contributed by atoms with Crippen LogP contribution in [0.15, 0.2) is 33.8 Å². The highest BCUT2D eigenvalue weighted by Crippen LogP contribution is 2.20. The first-order chi connectivity index (χ1) is 8.65. The van der Waals surface area contributed by atoms with Gasteiger partial charge in [-0.2, -0.15) is 5.10 Å². The molecule has 1 aromatic carbocycles. The standard InChI is InChI=1S/C14H20BrN3/c1-18(2)14-9-7-13(8-10-14)17-16-12-5-3-11(15)4-6-12/h3-6,14,16H,7-10H2,1-2H3. The van der Waals surface area contributed by atoms with E-state index in [2.05, 4.69) is 45.5 Å². The molecule has 0 bridgehead atoms. The third-order valence-corrected chi connectivity index (χ3v) is 3.98.